The number of ether oxygens (including phenoxy) is 1. The van der Waals surface area contributed by atoms with Crippen LogP contribution in [0.3, 0.4) is 0 Å². The zero-order valence-electron chi connectivity index (χ0n) is 11.4. The van der Waals surface area contributed by atoms with Crippen LogP contribution in [0, 0.1) is 5.92 Å². The number of methoxy groups -OCH3 is 1. The molecule has 2 saturated carbocycles. The Morgan fingerprint density at radius 3 is 2.12 bits per heavy atom. The molecule has 2 aliphatic carbocycles. The molecule has 0 aromatic carbocycles. The lowest BCUT2D eigenvalue weighted by atomic mass is 9.86. The lowest BCUT2D eigenvalue weighted by Crippen LogP contribution is -2.41. The second-order valence-corrected chi connectivity index (χ2v) is 5.97. The van der Waals surface area contributed by atoms with Crippen molar-refractivity contribution in [2.24, 2.45) is 5.92 Å². The highest BCUT2D eigenvalue weighted by molar-refractivity contribution is 4.76. The molecule has 0 radical (unpaired) electrons. The van der Waals surface area contributed by atoms with E-state index in [0.717, 1.165) is 12.0 Å². The molecule has 0 bridgehead atoms. The zero-order chi connectivity index (χ0) is 11.9. The maximum absolute atomic E-state index is 5.64. The van der Waals surface area contributed by atoms with E-state index in [0.29, 0.717) is 6.23 Å². The molecule has 17 heavy (non-hydrogen) atoms. The zero-order valence-corrected chi connectivity index (χ0v) is 11.4. The van der Waals surface area contributed by atoms with Gasteiger partial charge in [-0.25, -0.2) is 0 Å². The van der Waals surface area contributed by atoms with E-state index in [1.807, 2.05) is 7.11 Å². The van der Waals surface area contributed by atoms with E-state index in [9.17, 15) is 0 Å². The van der Waals surface area contributed by atoms with Gasteiger partial charge in [-0.3, -0.25) is 5.32 Å². The molecule has 1 unspecified atom stereocenters. The van der Waals surface area contributed by atoms with Gasteiger partial charge >= 0.3 is 0 Å². The van der Waals surface area contributed by atoms with Crippen LogP contribution in [0.15, 0.2) is 0 Å². The van der Waals surface area contributed by atoms with Crippen molar-refractivity contribution in [3.05, 3.63) is 0 Å². The van der Waals surface area contributed by atoms with Crippen LogP contribution < -0.4 is 5.32 Å². The Morgan fingerprint density at radius 1 is 0.941 bits per heavy atom. The monoisotopic (exact) mass is 239 g/mol. The summed E-state index contributed by atoms with van der Waals surface area (Å²) in [6.45, 7) is 0. The second kappa shape index (κ2) is 7.38. The average Bonchev–Trinajstić information content (AvgIpc) is 2.40. The third-order valence-corrected chi connectivity index (χ3v) is 4.58. The highest BCUT2D eigenvalue weighted by Crippen LogP contribution is 2.28. The van der Waals surface area contributed by atoms with Crippen molar-refractivity contribution in [1.82, 2.24) is 5.32 Å². The molecule has 0 heterocycles. The van der Waals surface area contributed by atoms with Gasteiger partial charge in [0.05, 0.1) is 0 Å². The Bertz CT molecular complexity index is 175. The Labute approximate surface area is 107 Å². The SMILES string of the molecule is COC(CC1CCCCC1)NC1CCCCC1. The first-order valence-electron chi connectivity index (χ1n) is 7.67. The first-order valence-corrected chi connectivity index (χ1v) is 7.67. The molecule has 2 fully saturated rings. The molecule has 100 valence electrons. The summed E-state index contributed by atoms with van der Waals surface area (Å²) in [7, 11) is 1.86. The maximum atomic E-state index is 5.64. The van der Waals surface area contributed by atoms with E-state index >= 15 is 0 Å². The molecule has 0 saturated heterocycles. The Kier molecular flexibility index (Phi) is 5.79. The van der Waals surface area contributed by atoms with E-state index in [1.54, 1.807) is 0 Å². The first kappa shape index (κ1) is 13.4. The molecule has 2 aliphatic rings. The van der Waals surface area contributed by atoms with Gasteiger partial charge in [0.2, 0.25) is 0 Å². The highest BCUT2D eigenvalue weighted by Gasteiger charge is 2.22. The summed E-state index contributed by atoms with van der Waals surface area (Å²) in [5.41, 5.74) is 0. The van der Waals surface area contributed by atoms with E-state index in [1.165, 1.54) is 70.6 Å². The molecule has 2 heteroatoms. The standard InChI is InChI=1S/C15H29NO/c1-17-15(12-13-8-4-2-5-9-13)16-14-10-6-3-7-11-14/h13-16H,2-12H2,1H3. The van der Waals surface area contributed by atoms with Crippen molar-refractivity contribution >= 4 is 0 Å². The minimum Gasteiger partial charge on any atom is -0.367 e. The van der Waals surface area contributed by atoms with Crippen LogP contribution >= 0.6 is 0 Å². The minimum absolute atomic E-state index is 0.307. The lowest BCUT2D eigenvalue weighted by Gasteiger charge is -2.31. The Morgan fingerprint density at radius 2 is 1.53 bits per heavy atom. The molecule has 0 spiro atoms. The third kappa shape index (κ3) is 4.59. The largest absolute Gasteiger partial charge is 0.367 e. The summed E-state index contributed by atoms with van der Waals surface area (Å²) in [5.74, 6) is 0.907. The van der Waals surface area contributed by atoms with E-state index in [-0.39, 0.29) is 0 Å². The van der Waals surface area contributed by atoms with E-state index in [4.69, 9.17) is 4.74 Å². The Hall–Kier alpha value is -0.0800. The topological polar surface area (TPSA) is 21.3 Å². The van der Waals surface area contributed by atoms with Crippen LogP contribution in [0.5, 0.6) is 0 Å². The average molecular weight is 239 g/mol. The summed E-state index contributed by atoms with van der Waals surface area (Å²) in [4.78, 5) is 0. The lowest BCUT2D eigenvalue weighted by molar-refractivity contribution is 0.0338. The fourth-order valence-corrected chi connectivity index (χ4v) is 3.49. The van der Waals surface area contributed by atoms with Crippen LogP contribution in [-0.4, -0.2) is 19.4 Å². The first-order chi connectivity index (χ1) is 8.38. The van der Waals surface area contributed by atoms with Crippen LogP contribution in [0.4, 0.5) is 0 Å². The molecular formula is C15H29NO. The molecule has 0 aliphatic heterocycles. The van der Waals surface area contributed by atoms with Crippen molar-refractivity contribution in [2.45, 2.75) is 82.9 Å². The molecule has 1 N–H and O–H groups in total. The summed E-state index contributed by atoms with van der Waals surface area (Å²) >= 11 is 0. The van der Waals surface area contributed by atoms with Crippen LogP contribution in [0.1, 0.15) is 70.6 Å². The molecule has 1 atom stereocenters. The molecule has 0 aromatic rings. The van der Waals surface area contributed by atoms with Crippen molar-refractivity contribution in [3.63, 3.8) is 0 Å². The van der Waals surface area contributed by atoms with Gasteiger partial charge in [0, 0.05) is 13.2 Å². The normalized spacial score (nSPS) is 25.9. The predicted octanol–water partition coefficient (Wildman–Crippen LogP) is 3.85. The summed E-state index contributed by atoms with van der Waals surface area (Å²) in [5, 5.41) is 3.73. The van der Waals surface area contributed by atoms with Crippen molar-refractivity contribution in [3.8, 4) is 0 Å². The fraction of sp³-hybridized carbons (Fsp3) is 1.00. The summed E-state index contributed by atoms with van der Waals surface area (Å²) in [6, 6.07) is 0.720. The van der Waals surface area contributed by atoms with Crippen LogP contribution in [-0.2, 0) is 4.74 Å². The number of hydrogen-bond acceptors (Lipinski definition) is 2. The van der Waals surface area contributed by atoms with Crippen molar-refractivity contribution in [1.29, 1.82) is 0 Å². The third-order valence-electron chi connectivity index (χ3n) is 4.58. The fourth-order valence-electron chi connectivity index (χ4n) is 3.49. The van der Waals surface area contributed by atoms with Gasteiger partial charge in [-0.1, -0.05) is 51.4 Å². The van der Waals surface area contributed by atoms with Gasteiger partial charge in [-0.2, -0.15) is 0 Å². The minimum atomic E-state index is 0.307. The number of hydrogen-bond donors (Lipinski definition) is 1. The molecular weight excluding hydrogens is 210 g/mol. The van der Waals surface area contributed by atoms with E-state index in [2.05, 4.69) is 5.32 Å². The van der Waals surface area contributed by atoms with E-state index < -0.39 is 0 Å². The van der Waals surface area contributed by atoms with Gasteiger partial charge < -0.3 is 4.74 Å². The van der Waals surface area contributed by atoms with Gasteiger partial charge in [0.1, 0.15) is 6.23 Å². The van der Waals surface area contributed by atoms with Crippen molar-refractivity contribution in [2.75, 3.05) is 7.11 Å². The number of nitrogens with one attached hydrogen (secondary N) is 1. The summed E-state index contributed by atoms with van der Waals surface area (Å²) < 4.78 is 5.64. The smallest absolute Gasteiger partial charge is 0.108 e. The van der Waals surface area contributed by atoms with Gasteiger partial charge in [-0.05, 0) is 25.2 Å². The molecule has 2 nitrogen and oxygen atoms in total. The molecule has 0 aromatic heterocycles. The number of rotatable bonds is 5. The summed E-state index contributed by atoms with van der Waals surface area (Å²) in [6.07, 6.45) is 15.6. The molecule has 2 rings (SSSR count). The quantitative estimate of drug-likeness (QED) is 0.736. The van der Waals surface area contributed by atoms with Gasteiger partial charge in [-0.15, -0.1) is 0 Å². The highest BCUT2D eigenvalue weighted by atomic mass is 16.5. The maximum Gasteiger partial charge on any atom is 0.108 e. The Balaban J connectivity index is 1.71. The second-order valence-electron chi connectivity index (χ2n) is 5.97. The molecule has 0 amide bonds. The van der Waals surface area contributed by atoms with Gasteiger partial charge in [0.25, 0.3) is 0 Å². The van der Waals surface area contributed by atoms with Gasteiger partial charge in [0.15, 0.2) is 0 Å². The van der Waals surface area contributed by atoms with Crippen molar-refractivity contribution < 1.29 is 4.74 Å². The van der Waals surface area contributed by atoms with Crippen LogP contribution in [0.25, 0.3) is 0 Å². The van der Waals surface area contributed by atoms with Crippen LogP contribution in [0.2, 0.25) is 0 Å². The predicted molar refractivity (Wildman–Crippen MR) is 72.0 cm³/mol.